The van der Waals surface area contributed by atoms with E-state index in [2.05, 4.69) is 9.97 Å². The van der Waals surface area contributed by atoms with E-state index >= 15 is 0 Å². The topological polar surface area (TPSA) is 35.0 Å². The highest BCUT2D eigenvalue weighted by Crippen LogP contribution is 2.35. The Hall–Kier alpha value is -2.41. The minimum absolute atomic E-state index is 0.00922. The maximum atomic E-state index is 13.0. The summed E-state index contributed by atoms with van der Waals surface area (Å²) in [5, 5.41) is 0.196. The Morgan fingerprint density at radius 1 is 1.00 bits per heavy atom. The lowest BCUT2D eigenvalue weighted by Gasteiger charge is -2.12. The molecule has 0 aliphatic rings. The number of ether oxygens (including phenoxy) is 1. The second-order valence-electron chi connectivity index (χ2n) is 4.54. The van der Waals surface area contributed by atoms with Crippen molar-refractivity contribution in [2.75, 3.05) is 0 Å². The van der Waals surface area contributed by atoms with Crippen molar-refractivity contribution < 1.29 is 22.3 Å². The van der Waals surface area contributed by atoms with Gasteiger partial charge in [-0.25, -0.2) is 9.37 Å². The van der Waals surface area contributed by atoms with Crippen molar-refractivity contribution in [2.45, 2.75) is 6.18 Å². The summed E-state index contributed by atoms with van der Waals surface area (Å²) in [5.74, 6) is -2.24. The molecule has 3 aromatic rings. The predicted molar refractivity (Wildman–Crippen MR) is 76.0 cm³/mol. The zero-order chi connectivity index (χ0) is 16.6. The molecule has 2 aromatic carbocycles. The number of fused-ring (bicyclic) bond motifs is 1. The summed E-state index contributed by atoms with van der Waals surface area (Å²) in [6.45, 7) is 0. The van der Waals surface area contributed by atoms with E-state index in [1.54, 1.807) is 12.1 Å². The van der Waals surface area contributed by atoms with Gasteiger partial charge in [-0.05, 0) is 30.3 Å². The third-order valence-electron chi connectivity index (χ3n) is 2.92. The van der Waals surface area contributed by atoms with Crippen molar-refractivity contribution in [3.63, 3.8) is 0 Å². The van der Waals surface area contributed by atoms with Crippen molar-refractivity contribution in [1.82, 2.24) is 9.97 Å². The molecule has 0 saturated carbocycles. The summed E-state index contributed by atoms with van der Waals surface area (Å²) in [4.78, 5) is 6.90. The molecular formula is C15H7ClF4N2O. The molecule has 3 nitrogen and oxygen atoms in total. The van der Waals surface area contributed by atoms with E-state index in [-0.39, 0.29) is 27.6 Å². The van der Waals surface area contributed by atoms with Gasteiger partial charge < -0.3 is 4.74 Å². The van der Waals surface area contributed by atoms with Crippen molar-refractivity contribution in [1.29, 1.82) is 0 Å². The summed E-state index contributed by atoms with van der Waals surface area (Å²) >= 11 is 5.83. The number of halogens is 5. The van der Waals surface area contributed by atoms with E-state index in [4.69, 9.17) is 16.3 Å². The highest BCUT2D eigenvalue weighted by molar-refractivity contribution is 6.32. The third kappa shape index (κ3) is 3.19. The fourth-order valence-electron chi connectivity index (χ4n) is 1.91. The predicted octanol–water partition coefficient (Wildman–Crippen LogP) is 5.23. The number of alkyl halides is 3. The number of hydrogen-bond acceptors (Lipinski definition) is 3. The molecule has 3 rings (SSSR count). The highest BCUT2D eigenvalue weighted by atomic mass is 35.5. The quantitative estimate of drug-likeness (QED) is 0.598. The van der Waals surface area contributed by atoms with Crippen LogP contribution in [-0.4, -0.2) is 9.97 Å². The molecule has 0 N–H and O–H groups in total. The molecule has 0 aliphatic carbocycles. The van der Waals surface area contributed by atoms with Gasteiger partial charge in [0.05, 0.1) is 15.9 Å². The van der Waals surface area contributed by atoms with Gasteiger partial charge in [-0.15, -0.1) is 0 Å². The maximum Gasteiger partial charge on any atom is 0.451 e. The van der Waals surface area contributed by atoms with Gasteiger partial charge in [0.2, 0.25) is 11.7 Å². The van der Waals surface area contributed by atoms with Crippen molar-refractivity contribution in [3.8, 4) is 11.6 Å². The molecule has 0 unspecified atom stereocenters. The van der Waals surface area contributed by atoms with Crippen LogP contribution in [0.25, 0.3) is 10.9 Å². The fraction of sp³-hybridized carbons (Fsp3) is 0.0667. The number of para-hydroxylation sites is 1. The van der Waals surface area contributed by atoms with Crippen LogP contribution < -0.4 is 4.74 Å². The number of rotatable bonds is 2. The molecular weight excluding hydrogens is 336 g/mol. The molecule has 118 valence electrons. The first-order chi connectivity index (χ1) is 10.8. The second-order valence-corrected chi connectivity index (χ2v) is 4.95. The number of hydrogen-bond donors (Lipinski definition) is 0. The van der Waals surface area contributed by atoms with Gasteiger partial charge in [0.1, 0.15) is 11.6 Å². The molecule has 0 atom stereocenters. The van der Waals surface area contributed by atoms with Crippen LogP contribution in [0.3, 0.4) is 0 Å². The summed E-state index contributed by atoms with van der Waals surface area (Å²) < 4.78 is 57.1. The molecule has 0 fully saturated rings. The molecule has 23 heavy (non-hydrogen) atoms. The van der Waals surface area contributed by atoms with Gasteiger partial charge in [0.15, 0.2) is 0 Å². The summed E-state index contributed by atoms with van der Waals surface area (Å²) in [6, 6.07) is 9.36. The standard InChI is InChI=1S/C15H7ClF4N2O/c16-10-7-8(17)5-6-12(10)23-13-9-3-1-2-4-11(9)21-14(22-13)15(18,19)20/h1-7H. The van der Waals surface area contributed by atoms with Crippen LogP contribution >= 0.6 is 11.6 Å². The van der Waals surface area contributed by atoms with Crippen LogP contribution in [0.15, 0.2) is 42.5 Å². The Morgan fingerprint density at radius 3 is 2.43 bits per heavy atom. The van der Waals surface area contributed by atoms with Crippen molar-refractivity contribution in [2.24, 2.45) is 0 Å². The average molecular weight is 343 g/mol. The Kier molecular flexibility index (Phi) is 3.81. The van der Waals surface area contributed by atoms with Crippen molar-refractivity contribution >= 4 is 22.5 Å². The minimum Gasteiger partial charge on any atom is -0.437 e. The van der Waals surface area contributed by atoms with E-state index < -0.39 is 17.8 Å². The van der Waals surface area contributed by atoms with Gasteiger partial charge >= 0.3 is 6.18 Å². The summed E-state index contributed by atoms with van der Waals surface area (Å²) in [5.41, 5.74) is 0.0723. The molecule has 0 aliphatic heterocycles. The van der Waals surface area contributed by atoms with Crippen LogP contribution in [0.2, 0.25) is 5.02 Å². The van der Waals surface area contributed by atoms with E-state index in [9.17, 15) is 17.6 Å². The Morgan fingerprint density at radius 2 is 1.74 bits per heavy atom. The second kappa shape index (κ2) is 5.66. The zero-order valence-corrected chi connectivity index (χ0v) is 12.0. The Labute approximate surface area is 132 Å². The fourth-order valence-corrected chi connectivity index (χ4v) is 2.12. The molecule has 0 amide bonds. The zero-order valence-electron chi connectivity index (χ0n) is 11.2. The van der Waals surface area contributed by atoms with Crippen LogP contribution in [0.5, 0.6) is 11.6 Å². The van der Waals surface area contributed by atoms with Gasteiger partial charge in [0.25, 0.3) is 0 Å². The lowest BCUT2D eigenvalue weighted by atomic mass is 10.2. The number of nitrogens with zero attached hydrogens (tertiary/aromatic N) is 2. The van der Waals surface area contributed by atoms with Gasteiger partial charge in [-0.2, -0.15) is 18.2 Å². The molecule has 0 radical (unpaired) electrons. The van der Waals surface area contributed by atoms with E-state index in [1.807, 2.05) is 0 Å². The van der Waals surface area contributed by atoms with Crippen LogP contribution in [0.4, 0.5) is 17.6 Å². The Bertz CT molecular complexity index is 883. The van der Waals surface area contributed by atoms with Crippen LogP contribution in [0.1, 0.15) is 5.82 Å². The van der Waals surface area contributed by atoms with Gasteiger partial charge in [-0.3, -0.25) is 0 Å². The molecule has 8 heteroatoms. The lowest BCUT2D eigenvalue weighted by Crippen LogP contribution is -2.11. The number of aromatic nitrogens is 2. The smallest absolute Gasteiger partial charge is 0.437 e. The molecule has 0 bridgehead atoms. The van der Waals surface area contributed by atoms with E-state index in [0.717, 1.165) is 12.1 Å². The SMILES string of the molecule is Fc1ccc(Oc2nc(C(F)(F)F)nc3ccccc23)c(Cl)c1. The molecule has 0 saturated heterocycles. The normalized spacial score (nSPS) is 11.7. The first kappa shape index (κ1) is 15.5. The number of benzene rings is 2. The molecule has 0 spiro atoms. The van der Waals surface area contributed by atoms with Crippen LogP contribution in [-0.2, 0) is 6.18 Å². The monoisotopic (exact) mass is 342 g/mol. The first-order valence-corrected chi connectivity index (χ1v) is 6.69. The first-order valence-electron chi connectivity index (χ1n) is 6.31. The van der Waals surface area contributed by atoms with Gasteiger partial charge in [0, 0.05) is 0 Å². The lowest BCUT2D eigenvalue weighted by molar-refractivity contribution is -0.144. The molecule has 1 aromatic heterocycles. The minimum atomic E-state index is -4.73. The highest BCUT2D eigenvalue weighted by Gasteiger charge is 2.36. The van der Waals surface area contributed by atoms with E-state index in [1.165, 1.54) is 18.2 Å². The molecule has 1 heterocycles. The van der Waals surface area contributed by atoms with Gasteiger partial charge in [-0.1, -0.05) is 23.7 Å². The Balaban J connectivity index is 2.15. The summed E-state index contributed by atoms with van der Waals surface area (Å²) in [7, 11) is 0. The maximum absolute atomic E-state index is 13.0. The van der Waals surface area contributed by atoms with Crippen molar-refractivity contribution in [3.05, 3.63) is 59.1 Å². The largest absolute Gasteiger partial charge is 0.451 e. The third-order valence-corrected chi connectivity index (χ3v) is 3.22. The van der Waals surface area contributed by atoms with Crippen LogP contribution in [0, 0.1) is 5.82 Å². The summed E-state index contributed by atoms with van der Waals surface area (Å²) in [6.07, 6.45) is -4.73. The average Bonchev–Trinajstić information content (AvgIpc) is 2.49. The van der Waals surface area contributed by atoms with E-state index in [0.29, 0.717) is 0 Å².